The van der Waals surface area contributed by atoms with Gasteiger partial charge in [-0.25, -0.2) is 0 Å². The quantitative estimate of drug-likeness (QED) is 0.741. The molecule has 0 spiro atoms. The molecule has 1 heterocycles. The molecule has 0 aliphatic heterocycles. The molecule has 0 fully saturated rings. The maximum atomic E-state index is 12.0. The minimum atomic E-state index is 0.238. The second-order valence-electron chi connectivity index (χ2n) is 4.72. The highest BCUT2D eigenvalue weighted by molar-refractivity contribution is 7.12. The van der Waals surface area contributed by atoms with Crippen molar-refractivity contribution < 1.29 is 4.79 Å². The molecule has 0 aliphatic carbocycles. The Balaban J connectivity index is 1.88. The van der Waals surface area contributed by atoms with Gasteiger partial charge in [0.2, 0.25) is 0 Å². The number of thiophene rings is 1. The van der Waals surface area contributed by atoms with E-state index in [0.717, 1.165) is 11.4 Å². The number of hydrogen-bond acceptors (Lipinski definition) is 3. The fourth-order valence-corrected chi connectivity index (χ4v) is 2.71. The smallest absolute Gasteiger partial charge is 0.174 e. The number of Topliss-reactive ketones (excluding diaryl/α,β-unsaturated/α-hetero) is 1. The Bertz CT molecular complexity index is 507. The van der Waals surface area contributed by atoms with Gasteiger partial charge in [0.15, 0.2) is 5.78 Å². The Hall–Kier alpha value is -1.45. The van der Waals surface area contributed by atoms with Crippen LogP contribution in [0, 0.1) is 0 Å². The van der Waals surface area contributed by atoms with Gasteiger partial charge < -0.3 is 0 Å². The van der Waals surface area contributed by atoms with Crippen molar-refractivity contribution in [2.75, 3.05) is 13.6 Å². The molecule has 1 aromatic heterocycles. The molecule has 0 unspecified atom stereocenters. The first-order chi connectivity index (χ1) is 9.18. The molecule has 3 heteroatoms. The van der Waals surface area contributed by atoms with Crippen LogP contribution in [-0.4, -0.2) is 24.3 Å². The number of rotatable bonds is 6. The van der Waals surface area contributed by atoms with Gasteiger partial charge in [0.1, 0.15) is 0 Å². The predicted molar refractivity (Wildman–Crippen MR) is 80.8 cm³/mol. The number of benzene rings is 1. The van der Waals surface area contributed by atoms with Gasteiger partial charge >= 0.3 is 0 Å². The Kier molecular flexibility index (Phi) is 4.88. The van der Waals surface area contributed by atoms with Gasteiger partial charge in [-0.3, -0.25) is 9.69 Å². The monoisotopic (exact) mass is 273 g/mol. The van der Waals surface area contributed by atoms with Crippen LogP contribution in [0.3, 0.4) is 0 Å². The van der Waals surface area contributed by atoms with E-state index in [-0.39, 0.29) is 5.78 Å². The molecule has 1 aromatic carbocycles. The highest BCUT2D eigenvalue weighted by Crippen LogP contribution is 2.19. The Morgan fingerprint density at radius 1 is 1.21 bits per heavy atom. The Morgan fingerprint density at radius 3 is 2.58 bits per heavy atom. The van der Waals surface area contributed by atoms with Gasteiger partial charge in [-0.1, -0.05) is 36.4 Å². The molecule has 0 aliphatic rings. The summed E-state index contributed by atoms with van der Waals surface area (Å²) < 4.78 is 0. The summed E-state index contributed by atoms with van der Waals surface area (Å²) in [7, 11) is 2.07. The lowest BCUT2D eigenvalue weighted by Gasteiger charge is -2.24. The van der Waals surface area contributed by atoms with Gasteiger partial charge in [-0.2, -0.15) is 0 Å². The molecule has 0 saturated carbocycles. The van der Waals surface area contributed by atoms with E-state index in [2.05, 4.69) is 43.1 Å². The van der Waals surface area contributed by atoms with Crippen LogP contribution in [0.2, 0.25) is 0 Å². The molecule has 2 aromatic rings. The maximum absolute atomic E-state index is 12.0. The lowest BCUT2D eigenvalue weighted by atomic mass is 10.1. The second-order valence-corrected chi connectivity index (χ2v) is 5.67. The zero-order valence-electron chi connectivity index (χ0n) is 11.4. The van der Waals surface area contributed by atoms with E-state index >= 15 is 0 Å². The van der Waals surface area contributed by atoms with Crippen LogP contribution in [-0.2, 0) is 0 Å². The molecule has 2 nitrogen and oxygen atoms in total. The number of carbonyl (C=O) groups is 1. The third-order valence-electron chi connectivity index (χ3n) is 3.43. The first-order valence-electron chi connectivity index (χ1n) is 6.50. The molecule has 0 amide bonds. The Labute approximate surface area is 118 Å². The first-order valence-corrected chi connectivity index (χ1v) is 7.38. The average molecular weight is 273 g/mol. The number of carbonyl (C=O) groups excluding carboxylic acids is 1. The third-order valence-corrected chi connectivity index (χ3v) is 4.34. The van der Waals surface area contributed by atoms with Gasteiger partial charge in [0.05, 0.1) is 4.88 Å². The highest BCUT2D eigenvalue weighted by Gasteiger charge is 2.13. The van der Waals surface area contributed by atoms with Crippen molar-refractivity contribution in [1.29, 1.82) is 0 Å². The standard InChI is InChI=1S/C16H19NOS/c1-13(14-7-4-3-5-8-14)17(2)11-10-15(18)16-9-6-12-19-16/h3-9,12-13H,10-11H2,1-2H3/t13-/m0/s1. The summed E-state index contributed by atoms with van der Waals surface area (Å²) in [5.74, 6) is 0.238. The summed E-state index contributed by atoms with van der Waals surface area (Å²) in [6, 6.07) is 14.5. The summed E-state index contributed by atoms with van der Waals surface area (Å²) in [5, 5.41) is 1.95. The lowest BCUT2D eigenvalue weighted by Crippen LogP contribution is -2.25. The van der Waals surface area contributed by atoms with Crippen molar-refractivity contribution in [3.63, 3.8) is 0 Å². The first kappa shape index (κ1) is 14.0. The molecule has 100 valence electrons. The minimum Gasteiger partial charge on any atom is -0.299 e. The summed E-state index contributed by atoms with van der Waals surface area (Å²) in [6.45, 7) is 2.96. The van der Waals surface area contributed by atoms with Gasteiger partial charge in [-0.15, -0.1) is 11.3 Å². The molecular formula is C16H19NOS. The minimum absolute atomic E-state index is 0.238. The number of nitrogens with zero attached hydrogens (tertiary/aromatic N) is 1. The number of ketones is 1. The Morgan fingerprint density at radius 2 is 1.95 bits per heavy atom. The van der Waals surface area contributed by atoms with E-state index in [0.29, 0.717) is 12.5 Å². The van der Waals surface area contributed by atoms with Crippen molar-refractivity contribution in [3.8, 4) is 0 Å². The zero-order chi connectivity index (χ0) is 13.7. The fraction of sp³-hybridized carbons (Fsp3) is 0.312. The van der Waals surface area contributed by atoms with Crippen LogP contribution < -0.4 is 0 Å². The van der Waals surface area contributed by atoms with E-state index < -0.39 is 0 Å². The zero-order valence-corrected chi connectivity index (χ0v) is 12.2. The molecule has 0 radical (unpaired) electrons. The van der Waals surface area contributed by atoms with Crippen LogP contribution in [0.25, 0.3) is 0 Å². The number of hydrogen-bond donors (Lipinski definition) is 0. The van der Waals surface area contributed by atoms with E-state index in [4.69, 9.17) is 0 Å². The second kappa shape index (κ2) is 6.64. The molecule has 2 rings (SSSR count). The van der Waals surface area contributed by atoms with Crippen LogP contribution in [0.1, 0.15) is 34.6 Å². The molecular weight excluding hydrogens is 254 g/mol. The van der Waals surface area contributed by atoms with Crippen LogP contribution in [0.4, 0.5) is 0 Å². The van der Waals surface area contributed by atoms with Crippen LogP contribution >= 0.6 is 11.3 Å². The largest absolute Gasteiger partial charge is 0.299 e. The van der Waals surface area contributed by atoms with E-state index in [1.807, 2.05) is 23.6 Å². The molecule has 0 bridgehead atoms. The normalized spacial score (nSPS) is 12.6. The summed E-state index contributed by atoms with van der Waals surface area (Å²) in [5.41, 5.74) is 1.29. The summed E-state index contributed by atoms with van der Waals surface area (Å²) >= 11 is 1.52. The van der Waals surface area contributed by atoms with E-state index in [9.17, 15) is 4.79 Å². The van der Waals surface area contributed by atoms with E-state index in [1.165, 1.54) is 16.9 Å². The van der Waals surface area contributed by atoms with Crippen molar-refractivity contribution in [2.24, 2.45) is 0 Å². The van der Waals surface area contributed by atoms with Crippen molar-refractivity contribution >= 4 is 17.1 Å². The summed E-state index contributed by atoms with van der Waals surface area (Å²) in [6.07, 6.45) is 0.578. The average Bonchev–Trinajstić information content (AvgIpc) is 2.98. The van der Waals surface area contributed by atoms with Crippen molar-refractivity contribution in [3.05, 3.63) is 58.3 Å². The predicted octanol–water partition coefficient (Wildman–Crippen LogP) is 4.01. The van der Waals surface area contributed by atoms with Crippen LogP contribution in [0.5, 0.6) is 0 Å². The fourth-order valence-electron chi connectivity index (χ4n) is 2.02. The van der Waals surface area contributed by atoms with Crippen LogP contribution in [0.15, 0.2) is 47.8 Å². The SMILES string of the molecule is C[C@@H](c1ccccc1)N(C)CCC(=O)c1cccs1. The van der Waals surface area contributed by atoms with Crippen molar-refractivity contribution in [1.82, 2.24) is 4.90 Å². The molecule has 1 atom stereocenters. The lowest BCUT2D eigenvalue weighted by molar-refractivity contribution is 0.0966. The molecule has 0 saturated heterocycles. The third kappa shape index (κ3) is 3.75. The maximum Gasteiger partial charge on any atom is 0.174 e. The topological polar surface area (TPSA) is 20.3 Å². The summed E-state index contributed by atoms with van der Waals surface area (Å²) in [4.78, 5) is 15.0. The molecule has 0 N–H and O–H groups in total. The van der Waals surface area contributed by atoms with Crippen molar-refractivity contribution in [2.45, 2.75) is 19.4 Å². The molecule has 19 heavy (non-hydrogen) atoms. The van der Waals surface area contributed by atoms with E-state index in [1.54, 1.807) is 0 Å². The highest BCUT2D eigenvalue weighted by atomic mass is 32.1. The van der Waals surface area contributed by atoms with Gasteiger partial charge in [-0.05, 0) is 31.0 Å². The van der Waals surface area contributed by atoms with Gasteiger partial charge in [0, 0.05) is 19.0 Å². The van der Waals surface area contributed by atoms with Gasteiger partial charge in [0.25, 0.3) is 0 Å².